The van der Waals surface area contributed by atoms with Gasteiger partial charge in [-0.05, 0) is 83.5 Å². The van der Waals surface area contributed by atoms with Crippen molar-refractivity contribution < 1.29 is 24.5 Å². The quantitative estimate of drug-likeness (QED) is 0.0320. The molecule has 0 spiro atoms. The second-order valence-electron chi connectivity index (χ2n) is 25.6. The van der Waals surface area contributed by atoms with Crippen LogP contribution in [0.4, 0.5) is 0 Å². The van der Waals surface area contributed by atoms with Crippen molar-refractivity contribution in [3.8, 4) is 0 Å². The van der Waals surface area contributed by atoms with Gasteiger partial charge < -0.3 is 20.3 Å². The lowest BCUT2D eigenvalue weighted by molar-refractivity contribution is -0.143. The number of aliphatic hydroxyl groups excluding tert-OH is 2. The number of rotatable bonds is 70. The van der Waals surface area contributed by atoms with Gasteiger partial charge in [0.2, 0.25) is 5.91 Å². The van der Waals surface area contributed by atoms with Crippen molar-refractivity contribution in [3.05, 3.63) is 36.5 Å². The van der Waals surface area contributed by atoms with E-state index < -0.39 is 12.1 Å². The Kier molecular flexibility index (Phi) is 69.9. The molecule has 0 aliphatic heterocycles. The van der Waals surface area contributed by atoms with E-state index >= 15 is 0 Å². The number of aliphatic hydroxyl groups is 2. The van der Waals surface area contributed by atoms with E-state index in [1.54, 1.807) is 6.08 Å². The van der Waals surface area contributed by atoms with Crippen molar-refractivity contribution in [3.63, 3.8) is 0 Å². The Labute approximate surface area is 513 Å². The zero-order valence-electron chi connectivity index (χ0n) is 55.5. The normalized spacial score (nSPS) is 12.7. The van der Waals surface area contributed by atoms with Crippen molar-refractivity contribution in [2.45, 2.75) is 424 Å². The number of ether oxygens (including phenoxy) is 1. The molecule has 2 unspecified atom stereocenters. The highest BCUT2D eigenvalue weighted by Crippen LogP contribution is 2.19. The van der Waals surface area contributed by atoms with Crippen molar-refractivity contribution in [2.75, 3.05) is 13.2 Å². The molecule has 1 amide bonds. The summed E-state index contributed by atoms with van der Waals surface area (Å²) < 4.78 is 5.49. The van der Waals surface area contributed by atoms with Crippen LogP contribution in [0.25, 0.3) is 0 Å². The number of unbranched alkanes of at least 4 members (excludes halogenated alkanes) is 55. The van der Waals surface area contributed by atoms with Crippen LogP contribution >= 0.6 is 0 Å². The van der Waals surface area contributed by atoms with Gasteiger partial charge in [-0.3, -0.25) is 9.59 Å². The van der Waals surface area contributed by atoms with Crippen LogP contribution < -0.4 is 5.32 Å². The highest BCUT2D eigenvalue weighted by atomic mass is 16.5. The molecule has 6 heteroatoms. The number of hydrogen-bond donors (Lipinski definition) is 3. The van der Waals surface area contributed by atoms with E-state index in [0.717, 1.165) is 44.9 Å². The van der Waals surface area contributed by atoms with Gasteiger partial charge in [0, 0.05) is 12.8 Å². The topological polar surface area (TPSA) is 95.9 Å². The Morgan fingerprint density at radius 1 is 0.329 bits per heavy atom. The Bertz CT molecular complexity index is 1330. The maximum absolute atomic E-state index is 12.5. The number of allylic oxidation sites excluding steroid dienone is 5. The highest BCUT2D eigenvalue weighted by Gasteiger charge is 2.18. The summed E-state index contributed by atoms with van der Waals surface area (Å²) >= 11 is 0. The summed E-state index contributed by atoms with van der Waals surface area (Å²) in [7, 11) is 0. The standard InChI is InChI=1S/C76H145NO5/c1-3-5-7-9-11-13-15-17-19-20-21-31-34-37-41-44-48-52-56-60-64-68-74(79)73(72-78)77-75(80)69-65-61-57-53-49-45-42-38-35-32-29-27-25-23-22-24-26-28-30-33-36-39-43-47-51-55-59-63-67-71-82-76(81)70-66-62-58-54-50-46-40-18-16-14-12-10-8-6-4-2/h18,22,24,40,64,68,73-74,78-79H,3-17,19-21,23,25-39,41-63,65-67,69-72H2,1-2H3,(H,77,80)/b24-22-,40-18-,68-64+. The molecular weight excluding hydrogens is 1010 g/mol. The van der Waals surface area contributed by atoms with Gasteiger partial charge >= 0.3 is 5.97 Å². The van der Waals surface area contributed by atoms with Crippen LogP contribution in [0, 0.1) is 0 Å². The number of amides is 1. The number of carbonyl (C=O) groups excluding carboxylic acids is 2. The number of hydrogen-bond acceptors (Lipinski definition) is 5. The summed E-state index contributed by atoms with van der Waals surface area (Å²) in [6.07, 6.45) is 92.4. The van der Waals surface area contributed by atoms with Gasteiger partial charge in [-0.25, -0.2) is 0 Å². The van der Waals surface area contributed by atoms with Gasteiger partial charge in [-0.15, -0.1) is 0 Å². The molecule has 0 fully saturated rings. The maximum atomic E-state index is 12.5. The average Bonchev–Trinajstić information content (AvgIpc) is 3.48. The molecule has 0 saturated carbocycles. The van der Waals surface area contributed by atoms with Crippen molar-refractivity contribution in [1.29, 1.82) is 0 Å². The minimum Gasteiger partial charge on any atom is -0.466 e. The fourth-order valence-electron chi connectivity index (χ4n) is 11.7. The lowest BCUT2D eigenvalue weighted by Gasteiger charge is -2.20. The number of esters is 1. The van der Waals surface area contributed by atoms with E-state index in [2.05, 4.69) is 43.5 Å². The van der Waals surface area contributed by atoms with Gasteiger partial charge in [0.1, 0.15) is 0 Å². The van der Waals surface area contributed by atoms with E-state index in [1.165, 1.54) is 340 Å². The molecule has 0 heterocycles. The highest BCUT2D eigenvalue weighted by molar-refractivity contribution is 5.76. The fraction of sp³-hybridized carbons (Fsp3) is 0.895. The summed E-state index contributed by atoms with van der Waals surface area (Å²) in [5, 5.41) is 23.3. The second-order valence-corrected chi connectivity index (χ2v) is 25.6. The average molecular weight is 1150 g/mol. The maximum Gasteiger partial charge on any atom is 0.305 e. The van der Waals surface area contributed by atoms with E-state index in [-0.39, 0.29) is 18.5 Å². The van der Waals surface area contributed by atoms with Crippen LogP contribution in [-0.2, 0) is 14.3 Å². The van der Waals surface area contributed by atoms with Crippen LogP contribution in [-0.4, -0.2) is 47.4 Å². The summed E-state index contributed by atoms with van der Waals surface area (Å²) in [4.78, 5) is 24.6. The predicted molar refractivity (Wildman–Crippen MR) is 361 cm³/mol. The van der Waals surface area contributed by atoms with Gasteiger partial charge in [0.25, 0.3) is 0 Å². The van der Waals surface area contributed by atoms with E-state index in [1.807, 2.05) is 6.08 Å². The van der Waals surface area contributed by atoms with E-state index in [0.29, 0.717) is 19.4 Å². The van der Waals surface area contributed by atoms with Crippen LogP contribution in [0.1, 0.15) is 412 Å². The molecule has 0 bridgehead atoms. The molecule has 0 aromatic rings. The largest absolute Gasteiger partial charge is 0.466 e. The zero-order valence-corrected chi connectivity index (χ0v) is 55.5. The lowest BCUT2D eigenvalue weighted by atomic mass is 10.0. The first kappa shape index (κ1) is 80.1. The molecule has 3 N–H and O–H groups in total. The third kappa shape index (κ3) is 67.2. The molecule has 0 rings (SSSR count). The van der Waals surface area contributed by atoms with Crippen molar-refractivity contribution in [2.24, 2.45) is 0 Å². The first-order chi connectivity index (χ1) is 40.5. The summed E-state index contributed by atoms with van der Waals surface area (Å²) in [5.74, 6) is -0.0544. The zero-order chi connectivity index (χ0) is 59.2. The molecule has 6 nitrogen and oxygen atoms in total. The molecule has 0 saturated heterocycles. The first-order valence-corrected chi connectivity index (χ1v) is 37.3. The molecule has 2 atom stereocenters. The Balaban J connectivity index is 3.40. The number of carbonyl (C=O) groups is 2. The Hall–Kier alpha value is -1.92. The van der Waals surface area contributed by atoms with Gasteiger partial charge in [-0.2, -0.15) is 0 Å². The van der Waals surface area contributed by atoms with E-state index in [4.69, 9.17) is 4.74 Å². The summed E-state index contributed by atoms with van der Waals surface area (Å²) in [5.41, 5.74) is 0. The third-order valence-corrected chi connectivity index (χ3v) is 17.4. The first-order valence-electron chi connectivity index (χ1n) is 37.3. The molecule has 0 radical (unpaired) electrons. The van der Waals surface area contributed by atoms with Gasteiger partial charge in [0.15, 0.2) is 0 Å². The molecule has 0 aromatic heterocycles. The summed E-state index contributed by atoms with van der Waals surface area (Å²) in [6.45, 7) is 4.93. The van der Waals surface area contributed by atoms with Crippen LogP contribution in [0.15, 0.2) is 36.5 Å². The monoisotopic (exact) mass is 1150 g/mol. The molecular formula is C76H145NO5. The minimum absolute atomic E-state index is 0.00880. The molecule has 0 aliphatic carbocycles. The molecule has 0 aliphatic rings. The summed E-state index contributed by atoms with van der Waals surface area (Å²) in [6, 6.07) is -0.629. The van der Waals surface area contributed by atoms with Gasteiger partial charge in [-0.1, -0.05) is 352 Å². The van der Waals surface area contributed by atoms with Crippen LogP contribution in [0.3, 0.4) is 0 Å². The molecule has 82 heavy (non-hydrogen) atoms. The number of nitrogens with one attached hydrogen (secondary N) is 1. The van der Waals surface area contributed by atoms with Crippen molar-refractivity contribution in [1.82, 2.24) is 5.32 Å². The van der Waals surface area contributed by atoms with Crippen molar-refractivity contribution >= 4 is 11.9 Å². The third-order valence-electron chi connectivity index (χ3n) is 17.4. The fourth-order valence-corrected chi connectivity index (χ4v) is 11.7. The second kappa shape index (κ2) is 71.6. The SMILES string of the molecule is CCCCCCCC/C=C\CCCCCCCC(=O)OCCCCCCCCCCCCCC/C=C\CCCCCCCCCCCCCCCC(=O)NC(CO)C(O)/C=C/CCCCCCCCCCCCCCCCCCCCC. The predicted octanol–water partition coefficient (Wildman–Crippen LogP) is 24.3. The Morgan fingerprint density at radius 3 is 0.866 bits per heavy atom. The van der Waals surface area contributed by atoms with Gasteiger partial charge in [0.05, 0.1) is 25.4 Å². The van der Waals surface area contributed by atoms with E-state index in [9.17, 15) is 19.8 Å². The lowest BCUT2D eigenvalue weighted by Crippen LogP contribution is -2.45. The van der Waals surface area contributed by atoms with Crippen LogP contribution in [0.2, 0.25) is 0 Å². The van der Waals surface area contributed by atoms with Crippen LogP contribution in [0.5, 0.6) is 0 Å². The molecule has 484 valence electrons. The smallest absolute Gasteiger partial charge is 0.305 e. The Morgan fingerprint density at radius 2 is 0.573 bits per heavy atom. The minimum atomic E-state index is -0.845. The molecule has 0 aromatic carbocycles.